The topological polar surface area (TPSA) is 45.0 Å². The molecule has 0 aromatic heterocycles. The molecule has 2 rings (SSSR count). The van der Waals surface area contributed by atoms with Crippen LogP contribution in [0.25, 0.3) is 0 Å². The molecule has 1 aromatic carbocycles. The van der Waals surface area contributed by atoms with Crippen molar-refractivity contribution >= 4 is 5.69 Å². The number of phenolic OH excluding ortho intramolecular Hbond substituents is 1. The molecule has 1 aliphatic carbocycles. The maximum atomic E-state index is 10.1. The maximum Gasteiger partial charge on any atom is 0.143 e. The van der Waals surface area contributed by atoms with Crippen LogP contribution in [0.4, 0.5) is 5.69 Å². The summed E-state index contributed by atoms with van der Waals surface area (Å²) < 4.78 is 0. The fourth-order valence-corrected chi connectivity index (χ4v) is 3.30. The van der Waals surface area contributed by atoms with Gasteiger partial charge in [-0.25, -0.2) is 0 Å². The van der Waals surface area contributed by atoms with E-state index in [1.807, 2.05) is 37.3 Å². The summed E-state index contributed by atoms with van der Waals surface area (Å²) in [4.78, 5) is 0. The number of nitrogens with zero attached hydrogens (tertiary/aromatic N) is 2. The maximum absolute atomic E-state index is 10.1. The number of azo groups is 1. The van der Waals surface area contributed by atoms with Crippen molar-refractivity contribution in [1.82, 2.24) is 0 Å². The average molecular weight is 338 g/mol. The normalized spacial score (nSPS) is 17.7. The van der Waals surface area contributed by atoms with Gasteiger partial charge in [0.2, 0.25) is 0 Å². The fourth-order valence-electron chi connectivity index (χ4n) is 3.30. The lowest BCUT2D eigenvalue weighted by atomic mass is 9.86. The van der Waals surface area contributed by atoms with Crippen LogP contribution in [-0.4, -0.2) is 5.11 Å². The summed E-state index contributed by atoms with van der Waals surface area (Å²) in [6.45, 7) is 5.69. The van der Waals surface area contributed by atoms with Gasteiger partial charge in [-0.15, -0.1) is 5.11 Å². The number of phenols is 1. The molecule has 0 atom stereocenters. The Kier molecular flexibility index (Phi) is 8.17. The molecule has 0 radical (unpaired) electrons. The first kappa shape index (κ1) is 19.2. The Morgan fingerprint density at radius 1 is 1.20 bits per heavy atom. The van der Waals surface area contributed by atoms with Crippen molar-refractivity contribution in [3.8, 4) is 5.75 Å². The van der Waals surface area contributed by atoms with Gasteiger partial charge in [-0.1, -0.05) is 69.7 Å². The number of allylic oxidation sites excluding steroid dienone is 4. The van der Waals surface area contributed by atoms with Gasteiger partial charge in [-0.3, -0.25) is 0 Å². The van der Waals surface area contributed by atoms with Gasteiger partial charge < -0.3 is 5.11 Å². The van der Waals surface area contributed by atoms with E-state index in [9.17, 15) is 5.11 Å². The van der Waals surface area contributed by atoms with E-state index in [4.69, 9.17) is 0 Å². The Morgan fingerprint density at radius 3 is 2.60 bits per heavy atom. The second kappa shape index (κ2) is 10.7. The molecule has 0 amide bonds. The van der Waals surface area contributed by atoms with Gasteiger partial charge in [0.1, 0.15) is 11.4 Å². The molecule has 0 saturated heterocycles. The van der Waals surface area contributed by atoms with E-state index in [2.05, 4.69) is 16.8 Å². The first-order chi connectivity index (χ1) is 12.2. The fraction of sp³-hybridized carbons (Fsp3) is 0.455. The Balaban J connectivity index is 2.09. The minimum Gasteiger partial charge on any atom is -0.506 e. The predicted octanol–water partition coefficient (Wildman–Crippen LogP) is 7.02. The summed E-state index contributed by atoms with van der Waals surface area (Å²) in [5, 5.41) is 18.5. The molecule has 1 aromatic rings. The predicted molar refractivity (Wildman–Crippen MR) is 105 cm³/mol. The summed E-state index contributed by atoms with van der Waals surface area (Å²) in [5.41, 5.74) is 2.43. The Morgan fingerprint density at radius 2 is 1.92 bits per heavy atom. The van der Waals surface area contributed by atoms with Crippen LogP contribution in [0.5, 0.6) is 5.75 Å². The van der Waals surface area contributed by atoms with Crippen molar-refractivity contribution in [1.29, 1.82) is 0 Å². The van der Waals surface area contributed by atoms with Crippen LogP contribution in [0, 0.1) is 5.92 Å². The van der Waals surface area contributed by atoms with Crippen LogP contribution in [0.3, 0.4) is 0 Å². The lowest BCUT2D eigenvalue weighted by molar-refractivity contribution is 0.376. The molecule has 1 saturated carbocycles. The van der Waals surface area contributed by atoms with Gasteiger partial charge in [-0.2, -0.15) is 5.11 Å². The highest BCUT2D eigenvalue weighted by Gasteiger charge is 2.13. The van der Waals surface area contributed by atoms with E-state index >= 15 is 0 Å². The summed E-state index contributed by atoms with van der Waals surface area (Å²) >= 11 is 0. The van der Waals surface area contributed by atoms with Crippen molar-refractivity contribution in [3.63, 3.8) is 0 Å². The van der Waals surface area contributed by atoms with Crippen molar-refractivity contribution in [2.45, 2.75) is 58.3 Å². The van der Waals surface area contributed by atoms with E-state index < -0.39 is 0 Å². The zero-order valence-corrected chi connectivity index (χ0v) is 15.3. The average Bonchev–Trinajstić information content (AvgIpc) is 2.59. The van der Waals surface area contributed by atoms with E-state index in [1.54, 1.807) is 12.1 Å². The van der Waals surface area contributed by atoms with Crippen LogP contribution < -0.4 is 0 Å². The van der Waals surface area contributed by atoms with Crippen molar-refractivity contribution in [2.75, 3.05) is 0 Å². The zero-order valence-electron chi connectivity index (χ0n) is 15.3. The van der Waals surface area contributed by atoms with Crippen molar-refractivity contribution in [2.24, 2.45) is 16.1 Å². The summed E-state index contributed by atoms with van der Waals surface area (Å²) in [6.07, 6.45) is 17.8. The monoisotopic (exact) mass is 338 g/mol. The van der Waals surface area contributed by atoms with Gasteiger partial charge in [0.25, 0.3) is 0 Å². The van der Waals surface area contributed by atoms with E-state index in [-0.39, 0.29) is 5.75 Å². The van der Waals surface area contributed by atoms with Gasteiger partial charge in [0, 0.05) is 0 Å². The van der Waals surface area contributed by atoms with Crippen LogP contribution in [0.2, 0.25) is 0 Å². The molecule has 25 heavy (non-hydrogen) atoms. The molecule has 0 spiro atoms. The van der Waals surface area contributed by atoms with Crippen LogP contribution in [0.1, 0.15) is 57.4 Å². The molecule has 1 aliphatic rings. The number of rotatable bonds is 6. The lowest BCUT2D eigenvalue weighted by Gasteiger charge is -2.19. The molecule has 3 nitrogen and oxygen atoms in total. The summed E-state index contributed by atoms with van der Waals surface area (Å²) in [5.74, 6) is 0.910. The Labute approximate surface area is 151 Å². The number of hydrogen-bond donors (Lipinski definition) is 1. The highest BCUT2D eigenvalue weighted by atomic mass is 16.3. The quantitative estimate of drug-likeness (QED) is 0.439. The van der Waals surface area contributed by atoms with Crippen LogP contribution in [0.15, 0.2) is 65.0 Å². The van der Waals surface area contributed by atoms with Gasteiger partial charge in [0.05, 0.1) is 5.70 Å². The molecule has 0 bridgehead atoms. The smallest absolute Gasteiger partial charge is 0.143 e. The number of hydrogen-bond acceptors (Lipinski definition) is 3. The SMILES string of the molecule is C=CC(=C\C=C/C)/N=N/c1cc(CC2CCCCCCC2)ccc1O. The highest BCUT2D eigenvalue weighted by Crippen LogP contribution is 2.31. The van der Waals surface area contributed by atoms with Gasteiger partial charge >= 0.3 is 0 Å². The second-order valence-corrected chi connectivity index (χ2v) is 6.76. The molecule has 0 heterocycles. The van der Waals surface area contributed by atoms with E-state index in [1.165, 1.54) is 50.5 Å². The Hall–Kier alpha value is -2.16. The first-order valence-corrected chi connectivity index (χ1v) is 9.42. The third-order valence-corrected chi connectivity index (χ3v) is 4.73. The molecule has 1 fully saturated rings. The molecule has 1 N–H and O–H groups in total. The number of aromatic hydroxyl groups is 1. The molecule has 3 heteroatoms. The summed E-state index contributed by atoms with van der Waals surface area (Å²) in [7, 11) is 0. The van der Waals surface area contributed by atoms with Crippen LogP contribution >= 0.6 is 0 Å². The highest BCUT2D eigenvalue weighted by molar-refractivity contribution is 5.52. The molecular formula is C22H30N2O. The van der Waals surface area contributed by atoms with Crippen molar-refractivity contribution < 1.29 is 5.11 Å². The Bertz CT molecular complexity index is 635. The zero-order chi connectivity index (χ0) is 17.9. The standard InChI is InChI=1S/C22H30N2O/c1-3-5-13-20(4-2)23-24-21-17-19(14-15-22(21)25)16-18-11-9-7-6-8-10-12-18/h3-5,13-15,17-18,25H,2,6-12,16H2,1H3/b5-3-,20-13+,24-23+. The largest absolute Gasteiger partial charge is 0.506 e. The minimum absolute atomic E-state index is 0.166. The minimum atomic E-state index is 0.166. The van der Waals surface area contributed by atoms with Crippen molar-refractivity contribution in [3.05, 3.63) is 60.3 Å². The molecule has 134 valence electrons. The molecule has 0 unspecified atom stereocenters. The van der Waals surface area contributed by atoms with E-state index in [0.717, 1.165) is 12.3 Å². The third kappa shape index (κ3) is 6.69. The molecular weight excluding hydrogens is 308 g/mol. The summed E-state index contributed by atoms with van der Waals surface area (Å²) in [6, 6.07) is 5.71. The molecule has 0 aliphatic heterocycles. The van der Waals surface area contributed by atoms with Gasteiger partial charge in [-0.05, 0) is 49.1 Å². The first-order valence-electron chi connectivity index (χ1n) is 9.42. The van der Waals surface area contributed by atoms with Gasteiger partial charge in [0.15, 0.2) is 0 Å². The van der Waals surface area contributed by atoms with Crippen LogP contribution in [-0.2, 0) is 6.42 Å². The lowest BCUT2D eigenvalue weighted by Crippen LogP contribution is -2.07. The second-order valence-electron chi connectivity index (χ2n) is 6.76. The third-order valence-electron chi connectivity index (χ3n) is 4.73. The number of benzene rings is 1. The van der Waals surface area contributed by atoms with E-state index in [0.29, 0.717) is 11.4 Å².